The van der Waals surface area contributed by atoms with Crippen molar-refractivity contribution >= 4 is 28.9 Å². The first kappa shape index (κ1) is 24.4. The molecule has 2 fully saturated rings. The number of aromatic nitrogens is 1. The topological polar surface area (TPSA) is 89.3 Å². The number of rotatable bonds is 7. The van der Waals surface area contributed by atoms with Gasteiger partial charge < -0.3 is 21.1 Å². The summed E-state index contributed by atoms with van der Waals surface area (Å²) in [6.07, 6.45) is 15.0. The van der Waals surface area contributed by atoms with Crippen molar-refractivity contribution in [1.82, 2.24) is 10.3 Å². The molecule has 180 valence electrons. The van der Waals surface area contributed by atoms with Crippen molar-refractivity contribution in [3.63, 3.8) is 0 Å². The Labute approximate surface area is 202 Å². The summed E-state index contributed by atoms with van der Waals surface area (Å²) >= 11 is 6.61. The second-order valence-electron chi connectivity index (χ2n) is 9.67. The molecule has 7 heteroatoms. The summed E-state index contributed by atoms with van der Waals surface area (Å²) < 4.78 is 5.50. The quantitative estimate of drug-likeness (QED) is 0.541. The van der Waals surface area contributed by atoms with Gasteiger partial charge in [0.1, 0.15) is 5.82 Å². The first-order valence-corrected chi connectivity index (χ1v) is 12.8. The molecular formula is C26H37ClN4O2. The van der Waals surface area contributed by atoms with Gasteiger partial charge in [-0.3, -0.25) is 4.79 Å². The molecule has 4 unspecified atom stereocenters. The van der Waals surface area contributed by atoms with E-state index in [0.717, 1.165) is 70.3 Å². The molecular weight excluding hydrogens is 436 g/mol. The zero-order chi connectivity index (χ0) is 23.2. The maximum absolute atomic E-state index is 12.8. The Kier molecular flexibility index (Phi) is 8.58. The lowest BCUT2D eigenvalue weighted by atomic mass is 9.81. The molecule has 4 rings (SSSR count). The van der Waals surface area contributed by atoms with Crippen molar-refractivity contribution in [3.05, 3.63) is 41.1 Å². The molecule has 4 atom stereocenters. The van der Waals surface area contributed by atoms with Gasteiger partial charge in [0.15, 0.2) is 0 Å². The monoisotopic (exact) mass is 472 g/mol. The van der Waals surface area contributed by atoms with Crippen LogP contribution in [0, 0.1) is 17.8 Å². The highest BCUT2D eigenvalue weighted by atomic mass is 35.5. The van der Waals surface area contributed by atoms with E-state index in [2.05, 4.69) is 40.8 Å². The lowest BCUT2D eigenvalue weighted by molar-refractivity contribution is -0.120. The minimum atomic E-state index is -0.0475. The number of carbonyl (C=O) groups excluding carboxylic acids is 1. The Morgan fingerprint density at radius 1 is 1.27 bits per heavy atom. The predicted octanol–water partition coefficient (Wildman–Crippen LogP) is 4.56. The van der Waals surface area contributed by atoms with Crippen molar-refractivity contribution in [2.24, 2.45) is 23.5 Å². The predicted molar refractivity (Wildman–Crippen MR) is 134 cm³/mol. The third-order valence-corrected chi connectivity index (χ3v) is 7.65. The zero-order valence-electron chi connectivity index (χ0n) is 19.6. The summed E-state index contributed by atoms with van der Waals surface area (Å²) in [7, 11) is 0. The van der Waals surface area contributed by atoms with Gasteiger partial charge in [-0.25, -0.2) is 4.98 Å². The lowest BCUT2D eigenvalue weighted by Crippen LogP contribution is -2.40. The molecule has 1 saturated heterocycles. The molecule has 2 heterocycles. The molecule has 1 aromatic heterocycles. The Morgan fingerprint density at radius 3 is 2.85 bits per heavy atom. The van der Waals surface area contributed by atoms with Gasteiger partial charge in [0.2, 0.25) is 5.91 Å². The number of pyridine rings is 1. The molecule has 1 aromatic rings. The van der Waals surface area contributed by atoms with Gasteiger partial charge in [-0.1, -0.05) is 43.2 Å². The van der Waals surface area contributed by atoms with E-state index < -0.39 is 0 Å². The third-order valence-electron chi connectivity index (χ3n) is 7.35. The largest absolute Gasteiger partial charge is 0.381 e. The summed E-state index contributed by atoms with van der Waals surface area (Å²) in [6.45, 7) is 4.94. The summed E-state index contributed by atoms with van der Waals surface area (Å²) in [6, 6.07) is 2.29. The number of hydrogen-bond acceptors (Lipinski definition) is 5. The Bertz CT molecular complexity index is 881. The fourth-order valence-corrected chi connectivity index (χ4v) is 5.59. The minimum Gasteiger partial charge on any atom is -0.381 e. The number of nitrogens with zero attached hydrogens (tertiary/aromatic N) is 1. The van der Waals surface area contributed by atoms with Crippen molar-refractivity contribution in [1.29, 1.82) is 0 Å². The van der Waals surface area contributed by atoms with Crippen molar-refractivity contribution < 1.29 is 9.53 Å². The van der Waals surface area contributed by atoms with Crippen LogP contribution in [0.4, 0.5) is 5.82 Å². The average molecular weight is 473 g/mol. The molecule has 0 aromatic carbocycles. The number of anilines is 1. The summed E-state index contributed by atoms with van der Waals surface area (Å²) in [5.74, 6) is 1.48. The van der Waals surface area contributed by atoms with Gasteiger partial charge >= 0.3 is 0 Å². The molecule has 6 nitrogen and oxygen atoms in total. The van der Waals surface area contributed by atoms with Crippen LogP contribution in [-0.2, 0) is 9.53 Å². The second kappa shape index (κ2) is 11.6. The molecule has 1 saturated carbocycles. The normalized spacial score (nSPS) is 28.4. The van der Waals surface area contributed by atoms with Gasteiger partial charge in [0, 0.05) is 48.9 Å². The number of carbonyl (C=O) groups is 1. The standard InChI is InChI=1S/C26H37ClN4O2/c1-2-20-21(7-4-8-24(20)29-15-17-9-11-33-12-10-17)22-14-25(30-16-23(22)27)31-26(32)18-5-3-6-19(28)13-18/h4,7-8,14,16-20,24,29H,2-3,5-6,9-13,15,28H2,1H3,(H,30,31,32). The molecule has 0 bridgehead atoms. The van der Waals surface area contributed by atoms with E-state index in [9.17, 15) is 4.79 Å². The van der Waals surface area contributed by atoms with Crippen molar-refractivity contribution in [2.75, 3.05) is 25.1 Å². The SMILES string of the molecule is CCC1C(c2cc(NC(=O)C3CCCC(N)C3)ncc2Cl)=CC=CC1NCC1CCOCC1. The van der Waals surface area contributed by atoms with Crippen LogP contribution in [0.3, 0.4) is 0 Å². The van der Waals surface area contributed by atoms with E-state index in [4.69, 9.17) is 22.1 Å². The van der Waals surface area contributed by atoms with Gasteiger partial charge in [0.25, 0.3) is 0 Å². The maximum Gasteiger partial charge on any atom is 0.228 e. The number of amides is 1. The lowest BCUT2D eigenvalue weighted by Gasteiger charge is -2.32. The first-order chi connectivity index (χ1) is 16.0. The van der Waals surface area contributed by atoms with E-state index in [1.807, 2.05) is 6.07 Å². The highest BCUT2D eigenvalue weighted by Gasteiger charge is 2.28. The van der Waals surface area contributed by atoms with Crippen LogP contribution >= 0.6 is 11.6 Å². The number of nitrogens with one attached hydrogen (secondary N) is 2. The fourth-order valence-electron chi connectivity index (χ4n) is 5.38. The molecule has 1 aliphatic heterocycles. The fraction of sp³-hybridized carbons (Fsp3) is 0.615. The van der Waals surface area contributed by atoms with Gasteiger partial charge in [0.05, 0.1) is 5.02 Å². The molecule has 1 amide bonds. The highest BCUT2D eigenvalue weighted by Crippen LogP contribution is 2.37. The third kappa shape index (κ3) is 6.24. The van der Waals surface area contributed by atoms with E-state index in [-0.39, 0.29) is 23.9 Å². The van der Waals surface area contributed by atoms with E-state index in [1.54, 1.807) is 6.20 Å². The van der Waals surface area contributed by atoms with Gasteiger partial charge in [-0.05, 0) is 62.6 Å². The molecule has 33 heavy (non-hydrogen) atoms. The number of halogens is 1. The molecule has 4 N–H and O–H groups in total. The van der Waals surface area contributed by atoms with Gasteiger partial charge in [-0.15, -0.1) is 0 Å². The van der Waals surface area contributed by atoms with Crippen molar-refractivity contribution in [3.8, 4) is 0 Å². The van der Waals surface area contributed by atoms with Crippen LogP contribution in [0.2, 0.25) is 5.02 Å². The average Bonchev–Trinajstić information content (AvgIpc) is 2.84. The van der Waals surface area contributed by atoms with E-state index in [0.29, 0.717) is 22.7 Å². The van der Waals surface area contributed by atoms with E-state index >= 15 is 0 Å². The second-order valence-corrected chi connectivity index (χ2v) is 10.1. The van der Waals surface area contributed by atoms with Crippen LogP contribution in [0.1, 0.15) is 57.4 Å². The highest BCUT2D eigenvalue weighted by molar-refractivity contribution is 6.32. The Morgan fingerprint density at radius 2 is 2.09 bits per heavy atom. The van der Waals surface area contributed by atoms with Crippen LogP contribution in [-0.4, -0.2) is 42.7 Å². The summed E-state index contributed by atoms with van der Waals surface area (Å²) in [4.78, 5) is 17.2. The number of ether oxygens (including phenoxy) is 1. The Balaban J connectivity index is 1.45. The van der Waals surface area contributed by atoms with Gasteiger partial charge in [-0.2, -0.15) is 0 Å². The number of allylic oxidation sites excluding steroid dienone is 2. The maximum atomic E-state index is 12.8. The Hall–Kier alpha value is -1.73. The molecule has 0 spiro atoms. The zero-order valence-corrected chi connectivity index (χ0v) is 20.3. The minimum absolute atomic E-state index is 0.00601. The summed E-state index contributed by atoms with van der Waals surface area (Å²) in [5, 5.41) is 7.40. The summed E-state index contributed by atoms with van der Waals surface area (Å²) in [5.41, 5.74) is 8.20. The first-order valence-electron chi connectivity index (χ1n) is 12.5. The molecule has 0 radical (unpaired) electrons. The smallest absolute Gasteiger partial charge is 0.228 e. The van der Waals surface area contributed by atoms with Crippen molar-refractivity contribution in [2.45, 2.75) is 64.0 Å². The van der Waals surface area contributed by atoms with Crippen LogP contribution in [0.25, 0.3) is 5.57 Å². The van der Waals surface area contributed by atoms with Crippen LogP contribution in [0.5, 0.6) is 0 Å². The molecule has 2 aliphatic carbocycles. The number of hydrogen-bond donors (Lipinski definition) is 3. The van der Waals surface area contributed by atoms with E-state index in [1.165, 1.54) is 5.57 Å². The van der Waals surface area contributed by atoms with Crippen LogP contribution < -0.4 is 16.4 Å². The number of nitrogens with two attached hydrogens (primary N) is 1. The van der Waals surface area contributed by atoms with Crippen LogP contribution in [0.15, 0.2) is 30.5 Å². The molecule has 3 aliphatic rings.